The van der Waals surface area contributed by atoms with E-state index in [1.165, 1.54) is 18.4 Å². The maximum absolute atomic E-state index is 12.4. The predicted octanol–water partition coefficient (Wildman–Crippen LogP) is 4.77. The smallest absolute Gasteiger partial charge is 0.336 e. The Labute approximate surface area is 149 Å². The van der Waals surface area contributed by atoms with Gasteiger partial charge in [-0.2, -0.15) is 5.26 Å². The standard InChI is InChI=1S/C16H16Cl2N2O2S/c1-4-5-11-14(16(21)22-3)13(10(7-19)8(2)20-11)9-6-12(17)23-15(9)18/h6,13,20H,4-5H2,1-3H3. The van der Waals surface area contributed by atoms with Gasteiger partial charge in [0, 0.05) is 11.4 Å². The molecule has 0 amide bonds. The SMILES string of the molecule is CCCC1=C(C(=O)OC)C(c2cc(Cl)sc2Cl)C(C#N)=C(C)N1. The highest BCUT2D eigenvalue weighted by Crippen LogP contribution is 2.45. The highest BCUT2D eigenvalue weighted by molar-refractivity contribution is 7.20. The van der Waals surface area contributed by atoms with Gasteiger partial charge in [0.1, 0.15) is 0 Å². The molecule has 1 aliphatic rings. The Morgan fingerprint density at radius 3 is 2.70 bits per heavy atom. The lowest BCUT2D eigenvalue weighted by Gasteiger charge is -2.29. The maximum Gasteiger partial charge on any atom is 0.336 e. The summed E-state index contributed by atoms with van der Waals surface area (Å²) in [5.74, 6) is -1.03. The average molecular weight is 371 g/mol. The minimum absolute atomic E-state index is 0.424. The largest absolute Gasteiger partial charge is 0.466 e. The second-order valence-corrected chi connectivity index (χ2v) is 7.41. The summed E-state index contributed by atoms with van der Waals surface area (Å²) < 4.78 is 5.94. The fourth-order valence-corrected chi connectivity index (χ4v) is 4.24. The van der Waals surface area contributed by atoms with Gasteiger partial charge in [-0.25, -0.2) is 4.79 Å². The Morgan fingerprint density at radius 2 is 2.22 bits per heavy atom. The molecule has 0 saturated heterocycles. The van der Waals surface area contributed by atoms with Gasteiger partial charge in [-0.3, -0.25) is 0 Å². The molecule has 0 fully saturated rings. The van der Waals surface area contributed by atoms with E-state index in [9.17, 15) is 10.1 Å². The molecule has 0 radical (unpaired) electrons. The number of nitrogens with zero attached hydrogens (tertiary/aromatic N) is 1. The zero-order valence-corrected chi connectivity index (χ0v) is 15.3. The van der Waals surface area contributed by atoms with E-state index in [0.29, 0.717) is 37.5 Å². The van der Waals surface area contributed by atoms with Crippen LogP contribution < -0.4 is 5.32 Å². The number of carbonyl (C=O) groups excluding carboxylic acids is 1. The molecule has 122 valence electrons. The summed E-state index contributed by atoms with van der Waals surface area (Å²) in [6, 6.07) is 3.90. The van der Waals surface area contributed by atoms with Crippen LogP contribution in [0.4, 0.5) is 0 Å². The molecule has 0 bridgehead atoms. The fourth-order valence-electron chi connectivity index (χ4n) is 2.70. The number of allylic oxidation sites excluding steroid dienone is 3. The van der Waals surface area contributed by atoms with Crippen molar-refractivity contribution < 1.29 is 9.53 Å². The van der Waals surface area contributed by atoms with E-state index in [1.807, 2.05) is 13.8 Å². The van der Waals surface area contributed by atoms with E-state index in [1.54, 1.807) is 6.07 Å². The molecular formula is C16H16Cl2N2O2S. The lowest BCUT2D eigenvalue weighted by molar-refractivity contribution is -0.136. The first-order chi connectivity index (χ1) is 10.9. The molecule has 0 spiro atoms. The van der Waals surface area contributed by atoms with Gasteiger partial charge in [0.25, 0.3) is 0 Å². The van der Waals surface area contributed by atoms with Crippen LogP contribution in [0.2, 0.25) is 8.67 Å². The van der Waals surface area contributed by atoms with Crippen LogP contribution in [-0.4, -0.2) is 13.1 Å². The van der Waals surface area contributed by atoms with Crippen molar-refractivity contribution in [1.82, 2.24) is 5.32 Å². The van der Waals surface area contributed by atoms with Crippen molar-refractivity contribution in [2.45, 2.75) is 32.6 Å². The number of hydrogen-bond acceptors (Lipinski definition) is 5. The summed E-state index contributed by atoms with van der Waals surface area (Å²) >= 11 is 13.6. The fraction of sp³-hybridized carbons (Fsp3) is 0.375. The van der Waals surface area contributed by atoms with E-state index >= 15 is 0 Å². The molecule has 1 unspecified atom stereocenters. The van der Waals surface area contributed by atoms with Gasteiger partial charge < -0.3 is 10.1 Å². The Bertz CT molecular complexity index is 744. The number of methoxy groups -OCH3 is 1. The number of nitriles is 1. The van der Waals surface area contributed by atoms with Gasteiger partial charge in [0.05, 0.1) is 38.9 Å². The summed E-state index contributed by atoms with van der Waals surface area (Å²) in [6.45, 7) is 3.84. The van der Waals surface area contributed by atoms with E-state index in [4.69, 9.17) is 27.9 Å². The molecule has 7 heteroatoms. The van der Waals surface area contributed by atoms with Crippen molar-refractivity contribution in [1.29, 1.82) is 5.26 Å². The topological polar surface area (TPSA) is 62.1 Å². The molecular weight excluding hydrogens is 355 g/mol. The highest BCUT2D eigenvalue weighted by Gasteiger charge is 2.36. The Hall–Kier alpha value is -1.48. The van der Waals surface area contributed by atoms with Crippen LogP contribution in [0.5, 0.6) is 0 Å². The van der Waals surface area contributed by atoms with Crippen LogP contribution in [0, 0.1) is 11.3 Å². The second-order valence-electron chi connectivity index (χ2n) is 5.12. The van der Waals surface area contributed by atoms with Gasteiger partial charge in [-0.1, -0.05) is 36.5 Å². The van der Waals surface area contributed by atoms with Gasteiger partial charge in [-0.15, -0.1) is 11.3 Å². The lowest BCUT2D eigenvalue weighted by Crippen LogP contribution is -2.29. The highest BCUT2D eigenvalue weighted by atomic mass is 35.5. The van der Waals surface area contributed by atoms with Crippen LogP contribution in [0.15, 0.2) is 28.6 Å². The Kier molecular flexibility index (Phi) is 5.74. The number of thiophene rings is 1. The quantitative estimate of drug-likeness (QED) is 0.775. The normalized spacial score (nSPS) is 17.8. The number of dihydropyridines is 1. The van der Waals surface area contributed by atoms with Crippen molar-refractivity contribution >= 4 is 40.5 Å². The number of halogens is 2. The summed E-state index contributed by atoms with van der Waals surface area (Å²) in [5, 5.41) is 12.8. The molecule has 0 aliphatic carbocycles. The molecule has 1 atom stereocenters. The first-order valence-electron chi connectivity index (χ1n) is 7.08. The summed E-state index contributed by atoms with van der Waals surface area (Å²) in [7, 11) is 1.33. The van der Waals surface area contributed by atoms with Crippen molar-refractivity contribution in [2.75, 3.05) is 7.11 Å². The molecule has 1 aliphatic heterocycles. The van der Waals surface area contributed by atoms with Crippen LogP contribution in [0.25, 0.3) is 0 Å². The van der Waals surface area contributed by atoms with Crippen molar-refractivity contribution in [2.24, 2.45) is 0 Å². The minimum atomic E-state index is -0.563. The van der Waals surface area contributed by atoms with Crippen LogP contribution in [0.1, 0.15) is 38.2 Å². The van der Waals surface area contributed by atoms with E-state index in [2.05, 4.69) is 11.4 Å². The van der Waals surface area contributed by atoms with E-state index in [0.717, 1.165) is 12.1 Å². The van der Waals surface area contributed by atoms with E-state index in [-0.39, 0.29) is 0 Å². The Morgan fingerprint density at radius 1 is 1.52 bits per heavy atom. The van der Waals surface area contributed by atoms with Gasteiger partial charge in [-0.05, 0) is 25.0 Å². The molecule has 23 heavy (non-hydrogen) atoms. The number of carbonyl (C=O) groups is 1. The summed E-state index contributed by atoms with van der Waals surface area (Å²) in [4.78, 5) is 12.4. The average Bonchev–Trinajstić information content (AvgIpc) is 2.84. The van der Waals surface area contributed by atoms with Crippen LogP contribution in [0.3, 0.4) is 0 Å². The monoisotopic (exact) mass is 370 g/mol. The summed E-state index contributed by atoms with van der Waals surface area (Å²) in [5.41, 5.74) is 3.01. The van der Waals surface area contributed by atoms with E-state index < -0.39 is 11.9 Å². The van der Waals surface area contributed by atoms with Gasteiger partial charge >= 0.3 is 5.97 Å². The zero-order chi connectivity index (χ0) is 17.1. The molecule has 1 aromatic rings. The van der Waals surface area contributed by atoms with Crippen LogP contribution in [-0.2, 0) is 9.53 Å². The summed E-state index contributed by atoms with van der Waals surface area (Å²) in [6.07, 6.45) is 1.52. The molecule has 1 aromatic heterocycles. The molecule has 2 heterocycles. The van der Waals surface area contributed by atoms with Crippen molar-refractivity contribution in [3.63, 3.8) is 0 Å². The third-order valence-electron chi connectivity index (χ3n) is 3.66. The van der Waals surface area contributed by atoms with Crippen molar-refractivity contribution in [3.8, 4) is 6.07 Å². The number of hydrogen-bond donors (Lipinski definition) is 1. The minimum Gasteiger partial charge on any atom is -0.466 e. The third kappa shape index (κ3) is 3.40. The maximum atomic E-state index is 12.4. The van der Waals surface area contributed by atoms with Gasteiger partial charge in [0.15, 0.2) is 0 Å². The third-order valence-corrected chi connectivity index (χ3v) is 5.18. The van der Waals surface area contributed by atoms with Crippen LogP contribution >= 0.6 is 34.5 Å². The first-order valence-corrected chi connectivity index (χ1v) is 8.65. The lowest BCUT2D eigenvalue weighted by atomic mass is 9.81. The number of rotatable bonds is 4. The molecule has 0 saturated carbocycles. The molecule has 1 N–H and O–H groups in total. The van der Waals surface area contributed by atoms with Gasteiger partial charge in [0.2, 0.25) is 0 Å². The molecule has 2 rings (SSSR count). The van der Waals surface area contributed by atoms with Crippen molar-refractivity contribution in [3.05, 3.63) is 42.8 Å². The molecule has 4 nitrogen and oxygen atoms in total. The zero-order valence-electron chi connectivity index (χ0n) is 13.0. The predicted molar refractivity (Wildman–Crippen MR) is 92.5 cm³/mol. The number of nitrogens with one attached hydrogen (secondary N) is 1. The second kappa shape index (κ2) is 7.39. The first kappa shape index (κ1) is 17.9. The Balaban J connectivity index is 2.71. The molecule has 0 aromatic carbocycles. The number of ether oxygens (including phenoxy) is 1. The number of esters is 1.